The molecular weight excluding hydrogens is 334 g/mol. The minimum atomic E-state index is -0.942. The number of nitriles is 1. The SMILES string of the molecule is Cc1cc(C(=O)[C@@H](C#N)c2nc3ccccc3s2)c2cnn(C)c2n1. The Morgan fingerprint density at radius 1 is 1.32 bits per heavy atom. The maximum atomic E-state index is 13.1. The van der Waals surface area contributed by atoms with E-state index in [1.807, 2.05) is 31.2 Å². The number of nitrogens with zero attached hydrogens (tertiary/aromatic N) is 5. The van der Waals surface area contributed by atoms with Gasteiger partial charge in [0.15, 0.2) is 17.3 Å². The molecule has 0 fully saturated rings. The molecule has 4 rings (SSSR count). The highest BCUT2D eigenvalue weighted by molar-refractivity contribution is 7.18. The molecule has 25 heavy (non-hydrogen) atoms. The second kappa shape index (κ2) is 5.76. The molecule has 3 heterocycles. The van der Waals surface area contributed by atoms with Gasteiger partial charge in [0.2, 0.25) is 0 Å². The van der Waals surface area contributed by atoms with Crippen molar-refractivity contribution in [2.75, 3.05) is 0 Å². The van der Waals surface area contributed by atoms with Crippen LogP contribution in [-0.2, 0) is 7.05 Å². The van der Waals surface area contributed by atoms with Crippen molar-refractivity contribution in [1.82, 2.24) is 19.7 Å². The highest BCUT2D eigenvalue weighted by atomic mass is 32.1. The number of rotatable bonds is 3. The predicted molar refractivity (Wildman–Crippen MR) is 95.6 cm³/mol. The number of fused-ring (bicyclic) bond motifs is 2. The zero-order valence-electron chi connectivity index (χ0n) is 13.6. The quantitative estimate of drug-likeness (QED) is 0.530. The van der Waals surface area contributed by atoms with Crippen molar-refractivity contribution < 1.29 is 4.79 Å². The number of pyridine rings is 1. The van der Waals surface area contributed by atoms with Crippen LogP contribution in [0.15, 0.2) is 36.5 Å². The van der Waals surface area contributed by atoms with Gasteiger partial charge in [-0.15, -0.1) is 11.3 Å². The molecule has 0 saturated heterocycles. The second-order valence-electron chi connectivity index (χ2n) is 5.76. The van der Waals surface area contributed by atoms with E-state index in [0.29, 0.717) is 27.3 Å². The first-order chi connectivity index (χ1) is 12.1. The predicted octanol–water partition coefficient (Wildman–Crippen LogP) is 3.38. The van der Waals surface area contributed by atoms with Gasteiger partial charge >= 0.3 is 0 Å². The Kier molecular flexibility index (Phi) is 3.55. The van der Waals surface area contributed by atoms with E-state index < -0.39 is 5.92 Å². The summed E-state index contributed by atoms with van der Waals surface area (Å²) >= 11 is 1.38. The molecule has 0 bridgehead atoms. The van der Waals surface area contributed by atoms with Crippen LogP contribution in [-0.4, -0.2) is 25.5 Å². The molecule has 0 spiro atoms. The summed E-state index contributed by atoms with van der Waals surface area (Å²) in [6.07, 6.45) is 1.61. The number of carbonyl (C=O) groups is 1. The molecule has 0 N–H and O–H groups in total. The van der Waals surface area contributed by atoms with Crippen LogP contribution in [0.1, 0.15) is 27.0 Å². The molecule has 4 aromatic rings. The topological polar surface area (TPSA) is 84.5 Å². The lowest BCUT2D eigenvalue weighted by Crippen LogP contribution is -2.12. The van der Waals surface area contributed by atoms with E-state index in [2.05, 4.69) is 21.1 Å². The number of para-hydroxylation sites is 1. The number of aryl methyl sites for hydroxylation is 2. The molecule has 6 nitrogen and oxygen atoms in total. The van der Waals surface area contributed by atoms with Crippen molar-refractivity contribution in [2.24, 2.45) is 7.05 Å². The van der Waals surface area contributed by atoms with E-state index in [1.165, 1.54) is 11.3 Å². The number of thiazole rings is 1. The van der Waals surface area contributed by atoms with E-state index in [4.69, 9.17) is 0 Å². The smallest absolute Gasteiger partial charge is 0.187 e. The first kappa shape index (κ1) is 15.4. The number of carbonyl (C=O) groups excluding carboxylic acids is 1. The van der Waals surface area contributed by atoms with Crippen LogP contribution >= 0.6 is 11.3 Å². The van der Waals surface area contributed by atoms with E-state index in [0.717, 1.165) is 10.2 Å². The van der Waals surface area contributed by atoms with E-state index in [1.54, 1.807) is 24.0 Å². The van der Waals surface area contributed by atoms with Crippen molar-refractivity contribution >= 4 is 38.4 Å². The largest absolute Gasteiger partial charge is 0.292 e. The minimum Gasteiger partial charge on any atom is -0.292 e. The Labute approximate surface area is 147 Å². The summed E-state index contributed by atoms with van der Waals surface area (Å²) in [6.45, 7) is 1.82. The van der Waals surface area contributed by atoms with Gasteiger partial charge < -0.3 is 0 Å². The third-order valence-corrected chi connectivity index (χ3v) is 5.15. The van der Waals surface area contributed by atoms with Crippen molar-refractivity contribution in [3.63, 3.8) is 0 Å². The fourth-order valence-corrected chi connectivity index (χ4v) is 3.85. The normalized spacial score (nSPS) is 12.4. The molecule has 0 unspecified atom stereocenters. The highest BCUT2D eigenvalue weighted by Crippen LogP contribution is 2.31. The molecule has 0 aliphatic rings. The average Bonchev–Trinajstić information content (AvgIpc) is 3.19. The van der Waals surface area contributed by atoms with Crippen LogP contribution in [0.2, 0.25) is 0 Å². The standard InChI is InChI=1S/C18H13N5OS/c1-10-7-11(13-9-20-23(2)17(13)21-10)16(24)12(8-19)18-22-14-5-3-4-6-15(14)25-18/h3-7,9,12H,1-2H3/t12-/m1/s1. The van der Waals surface area contributed by atoms with Gasteiger partial charge in [0.25, 0.3) is 0 Å². The van der Waals surface area contributed by atoms with Crippen LogP contribution in [0.5, 0.6) is 0 Å². The third-order valence-electron chi connectivity index (χ3n) is 4.05. The lowest BCUT2D eigenvalue weighted by Gasteiger charge is -2.07. The fourth-order valence-electron chi connectivity index (χ4n) is 2.84. The van der Waals surface area contributed by atoms with E-state index in [-0.39, 0.29) is 5.78 Å². The number of ketones is 1. The van der Waals surface area contributed by atoms with Gasteiger partial charge in [0, 0.05) is 23.7 Å². The third kappa shape index (κ3) is 2.47. The Morgan fingerprint density at radius 3 is 2.88 bits per heavy atom. The molecule has 0 aliphatic heterocycles. The minimum absolute atomic E-state index is 0.273. The summed E-state index contributed by atoms with van der Waals surface area (Å²) in [4.78, 5) is 22.0. The monoisotopic (exact) mass is 347 g/mol. The van der Waals surface area contributed by atoms with E-state index >= 15 is 0 Å². The zero-order valence-corrected chi connectivity index (χ0v) is 14.4. The van der Waals surface area contributed by atoms with Gasteiger partial charge in [-0.25, -0.2) is 9.97 Å². The Morgan fingerprint density at radius 2 is 2.12 bits per heavy atom. The summed E-state index contributed by atoms with van der Waals surface area (Å²) in [6, 6.07) is 11.5. The van der Waals surface area contributed by atoms with Crippen molar-refractivity contribution in [3.05, 3.63) is 52.8 Å². The lowest BCUT2D eigenvalue weighted by atomic mass is 9.97. The number of benzene rings is 1. The molecule has 7 heteroatoms. The molecule has 0 radical (unpaired) electrons. The Bertz CT molecular complexity index is 1130. The van der Waals surface area contributed by atoms with Crippen molar-refractivity contribution in [2.45, 2.75) is 12.8 Å². The van der Waals surface area contributed by atoms with Gasteiger partial charge in [0.1, 0.15) is 5.01 Å². The molecule has 0 saturated carbocycles. The lowest BCUT2D eigenvalue weighted by molar-refractivity contribution is 0.0980. The van der Waals surface area contributed by atoms with Gasteiger partial charge in [-0.1, -0.05) is 12.1 Å². The second-order valence-corrected chi connectivity index (χ2v) is 6.83. The highest BCUT2D eigenvalue weighted by Gasteiger charge is 2.27. The molecule has 122 valence electrons. The number of Topliss-reactive ketones (excluding diaryl/α,β-unsaturated/α-hetero) is 1. The number of aromatic nitrogens is 4. The maximum Gasteiger partial charge on any atom is 0.187 e. The first-order valence-corrected chi connectivity index (χ1v) is 8.49. The molecule has 1 atom stereocenters. The fraction of sp³-hybridized carbons (Fsp3) is 0.167. The first-order valence-electron chi connectivity index (χ1n) is 7.67. The summed E-state index contributed by atoms with van der Waals surface area (Å²) in [5.41, 5.74) is 2.60. The summed E-state index contributed by atoms with van der Waals surface area (Å²) in [5, 5.41) is 15.0. The number of hydrogen-bond acceptors (Lipinski definition) is 6. The average molecular weight is 347 g/mol. The van der Waals surface area contributed by atoms with Gasteiger partial charge in [-0.3, -0.25) is 9.48 Å². The maximum absolute atomic E-state index is 13.1. The van der Waals surface area contributed by atoms with Crippen molar-refractivity contribution in [3.8, 4) is 6.07 Å². The van der Waals surface area contributed by atoms with Crippen molar-refractivity contribution in [1.29, 1.82) is 5.26 Å². The number of hydrogen-bond donors (Lipinski definition) is 0. The summed E-state index contributed by atoms with van der Waals surface area (Å²) < 4.78 is 2.58. The van der Waals surface area contributed by atoms with Crippen LogP contribution in [0, 0.1) is 18.3 Å². The molecular formula is C18H13N5OS. The molecule has 3 aromatic heterocycles. The Balaban J connectivity index is 1.85. The summed E-state index contributed by atoms with van der Waals surface area (Å²) in [7, 11) is 1.78. The van der Waals surface area contributed by atoms with Crippen LogP contribution in [0.4, 0.5) is 0 Å². The van der Waals surface area contributed by atoms with Gasteiger partial charge in [0.05, 0.1) is 22.5 Å². The molecule has 1 aromatic carbocycles. The summed E-state index contributed by atoms with van der Waals surface area (Å²) in [5.74, 6) is -1.22. The molecule has 0 amide bonds. The van der Waals surface area contributed by atoms with Crippen LogP contribution in [0.3, 0.4) is 0 Å². The van der Waals surface area contributed by atoms with Gasteiger partial charge in [-0.2, -0.15) is 10.4 Å². The molecule has 0 aliphatic carbocycles. The van der Waals surface area contributed by atoms with Crippen LogP contribution in [0.25, 0.3) is 21.3 Å². The van der Waals surface area contributed by atoms with Crippen LogP contribution < -0.4 is 0 Å². The van der Waals surface area contributed by atoms with E-state index in [9.17, 15) is 10.1 Å². The van der Waals surface area contributed by atoms with Gasteiger partial charge in [-0.05, 0) is 25.1 Å². The Hall–Kier alpha value is -3.11. The zero-order chi connectivity index (χ0) is 17.6.